The number of ether oxygens (including phenoxy) is 2. The summed E-state index contributed by atoms with van der Waals surface area (Å²) < 4.78 is 10.2. The first-order valence-corrected chi connectivity index (χ1v) is 7.96. The number of methoxy groups -OCH3 is 1. The Kier molecular flexibility index (Phi) is 6.57. The summed E-state index contributed by atoms with van der Waals surface area (Å²) >= 11 is 0. The van der Waals surface area contributed by atoms with E-state index in [-0.39, 0.29) is 12.5 Å². The van der Waals surface area contributed by atoms with E-state index in [1.807, 2.05) is 4.90 Å². The quantitative estimate of drug-likeness (QED) is 0.757. The second kappa shape index (κ2) is 8.65. The largest absolute Gasteiger partial charge is 0.491 e. The number of piperazine rings is 1. The molecule has 1 aromatic rings. The van der Waals surface area contributed by atoms with Crippen LogP contribution in [0.3, 0.4) is 0 Å². The van der Waals surface area contributed by atoms with Crippen molar-refractivity contribution < 1.29 is 24.2 Å². The topological polar surface area (TPSA) is 79.3 Å². The lowest BCUT2D eigenvalue weighted by atomic mass is 10.2. The van der Waals surface area contributed by atoms with E-state index in [0.717, 1.165) is 13.1 Å². The molecular formula is C17H24N2O5. The van der Waals surface area contributed by atoms with Crippen molar-refractivity contribution in [1.82, 2.24) is 9.80 Å². The SMILES string of the molecule is COC(=O)c1ccc(OCC(O)CN2CCN(C(C)=O)CC2)cc1. The molecular weight excluding hydrogens is 312 g/mol. The van der Waals surface area contributed by atoms with Crippen LogP contribution in [-0.2, 0) is 9.53 Å². The maximum atomic E-state index is 11.3. The Bertz CT molecular complexity index is 553. The van der Waals surface area contributed by atoms with E-state index >= 15 is 0 Å². The van der Waals surface area contributed by atoms with Crippen LogP contribution in [0.15, 0.2) is 24.3 Å². The molecule has 1 atom stereocenters. The van der Waals surface area contributed by atoms with Crippen LogP contribution >= 0.6 is 0 Å². The Balaban J connectivity index is 1.72. The van der Waals surface area contributed by atoms with Crippen molar-refractivity contribution in [3.8, 4) is 5.75 Å². The first kappa shape index (κ1) is 18.2. The van der Waals surface area contributed by atoms with Crippen molar-refractivity contribution in [2.45, 2.75) is 13.0 Å². The summed E-state index contributed by atoms with van der Waals surface area (Å²) in [4.78, 5) is 26.6. The molecule has 7 nitrogen and oxygen atoms in total. The van der Waals surface area contributed by atoms with E-state index in [1.54, 1.807) is 31.2 Å². The molecule has 24 heavy (non-hydrogen) atoms. The van der Waals surface area contributed by atoms with Crippen molar-refractivity contribution in [3.63, 3.8) is 0 Å². The average Bonchev–Trinajstić information content (AvgIpc) is 2.60. The minimum atomic E-state index is -0.617. The Morgan fingerprint density at radius 2 is 1.79 bits per heavy atom. The molecule has 0 bridgehead atoms. The summed E-state index contributed by atoms with van der Waals surface area (Å²) in [6.45, 7) is 5.14. The molecule has 1 aliphatic heterocycles. The molecule has 7 heteroatoms. The van der Waals surface area contributed by atoms with Gasteiger partial charge in [0.05, 0.1) is 12.7 Å². The van der Waals surface area contributed by atoms with E-state index in [9.17, 15) is 14.7 Å². The first-order valence-electron chi connectivity index (χ1n) is 7.96. The molecule has 0 spiro atoms. The van der Waals surface area contributed by atoms with Crippen molar-refractivity contribution in [2.75, 3.05) is 46.4 Å². The van der Waals surface area contributed by atoms with Gasteiger partial charge in [-0.05, 0) is 24.3 Å². The Hall–Kier alpha value is -2.12. The van der Waals surface area contributed by atoms with E-state index in [0.29, 0.717) is 30.9 Å². The Morgan fingerprint density at radius 3 is 2.33 bits per heavy atom. The van der Waals surface area contributed by atoms with Gasteiger partial charge in [-0.15, -0.1) is 0 Å². The molecule has 1 amide bonds. The highest BCUT2D eigenvalue weighted by atomic mass is 16.5. The van der Waals surface area contributed by atoms with Gasteiger partial charge in [-0.25, -0.2) is 4.79 Å². The zero-order valence-corrected chi connectivity index (χ0v) is 14.1. The molecule has 1 saturated heterocycles. The molecule has 1 aromatic carbocycles. The maximum absolute atomic E-state index is 11.3. The van der Waals surface area contributed by atoms with Crippen LogP contribution < -0.4 is 4.74 Å². The lowest BCUT2D eigenvalue weighted by Gasteiger charge is -2.35. The number of rotatable bonds is 6. The third-order valence-electron chi connectivity index (χ3n) is 4.00. The zero-order chi connectivity index (χ0) is 17.5. The highest BCUT2D eigenvalue weighted by Gasteiger charge is 2.20. The molecule has 1 unspecified atom stereocenters. The molecule has 1 heterocycles. The fourth-order valence-electron chi connectivity index (χ4n) is 2.59. The summed E-state index contributed by atoms with van der Waals surface area (Å²) in [5, 5.41) is 10.1. The monoisotopic (exact) mass is 336 g/mol. The highest BCUT2D eigenvalue weighted by Crippen LogP contribution is 2.13. The van der Waals surface area contributed by atoms with Crippen LogP contribution in [0.2, 0.25) is 0 Å². The van der Waals surface area contributed by atoms with E-state index < -0.39 is 12.1 Å². The zero-order valence-electron chi connectivity index (χ0n) is 14.1. The molecule has 0 aliphatic carbocycles. The van der Waals surface area contributed by atoms with Gasteiger partial charge in [0.1, 0.15) is 18.5 Å². The number of hydrogen-bond acceptors (Lipinski definition) is 6. The lowest BCUT2D eigenvalue weighted by molar-refractivity contribution is -0.130. The predicted octanol–water partition coefficient (Wildman–Crippen LogP) is 0.377. The number of β-amino-alcohol motifs (C(OH)–C–C–N with tert-alkyl or cyclic N) is 1. The number of aliphatic hydroxyl groups excluding tert-OH is 1. The van der Waals surface area contributed by atoms with Gasteiger partial charge in [0.2, 0.25) is 5.91 Å². The van der Waals surface area contributed by atoms with Gasteiger partial charge in [0, 0.05) is 39.6 Å². The van der Waals surface area contributed by atoms with Crippen LogP contribution in [0.4, 0.5) is 0 Å². The number of nitrogens with zero attached hydrogens (tertiary/aromatic N) is 2. The Labute approximate surface area is 141 Å². The third-order valence-corrected chi connectivity index (χ3v) is 4.00. The van der Waals surface area contributed by atoms with E-state index in [1.165, 1.54) is 7.11 Å². The van der Waals surface area contributed by atoms with Gasteiger partial charge in [-0.1, -0.05) is 0 Å². The van der Waals surface area contributed by atoms with Gasteiger partial charge < -0.3 is 19.5 Å². The van der Waals surface area contributed by atoms with Gasteiger partial charge in [0.25, 0.3) is 0 Å². The number of carbonyl (C=O) groups is 2. The van der Waals surface area contributed by atoms with Crippen LogP contribution in [0.1, 0.15) is 17.3 Å². The number of benzene rings is 1. The molecule has 0 radical (unpaired) electrons. The summed E-state index contributed by atoms with van der Waals surface area (Å²) in [6.07, 6.45) is -0.617. The minimum absolute atomic E-state index is 0.0916. The number of aliphatic hydroxyl groups is 1. The second-order valence-corrected chi connectivity index (χ2v) is 5.79. The molecule has 1 aliphatic rings. The summed E-state index contributed by atoms with van der Waals surface area (Å²) in [5.41, 5.74) is 0.453. The minimum Gasteiger partial charge on any atom is -0.491 e. The fourth-order valence-corrected chi connectivity index (χ4v) is 2.59. The fraction of sp³-hybridized carbons (Fsp3) is 0.529. The van der Waals surface area contributed by atoms with Crippen molar-refractivity contribution in [2.24, 2.45) is 0 Å². The first-order chi connectivity index (χ1) is 11.5. The van der Waals surface area contributed by atoms with Crippen molar-refractivity contribution in [3.05, 3.63) is 29.8 Å². The molecule has 0 saturated carbocycles. The van der Waals surface area contributed by atoms with Crippen LogP contribution in [-0.4, -0.2) is 79.3 Å². The van der Waals surface area contributed by atoms with Crippen LogP contribution in [0.5, 0.6) is 5.75 Å². The van der Waals surface area contributed by atoms with Crippen molar-refractivity contribution in [1.29, 1.82) is 0 Å². The standard InChI is InChI=1S/C17H24N2O5/c1-13(20)19-9-7-18(8-10-19)11-15(21)12-24-16-5-3-14(4-6-16)17(22)23-2/h3-6,15,21H,7-12H2,1-2H3. The normalized spacial score (nSPS) is 16.5. The number of amides is 1. The van der Waals surface area contributed by atoms with E-state index in [4.69, 9.17) is 4.74 Å². The molecule has 2 rings (SSSR count). The summed E-state index contributed by atoms with van der Waals surface area (Å²) in [6, 6.07) is 6.58. The average molecular weight is 336 g/mol. The Morgan fingerprint density at radius 1 is 1.17 bits per heavy atom. The molecule has 0 aromatic heterocycles. The molecule has 1 N–H and O–H groups in total. The van der Waals surface area contributed by atoms with Crippen LogP contribution in [0, 0.1) is 0 Å². The lowest BCUT2D eigenvalue weighted by Crippen LogP contribution is -2.50. The smallest absolute Gasteiger partial charge is 0.337 e. The number of hydrogen-bond donors (Lipinski definition) is 1. The van der Waals surface area contributed by atoms with Gasteiger partial charge >= 0.3 is 5.97 Å². The third kappa shape index (κ3) is 5.21. The van der Waals surface area contributed by atoms with E-state index in [2.05, 4.69) is 9.64 Å². The summed E-state index contributed by atoms with van der Waals surface area (Å²) in [7, 11) is 1.33. The van der Waals surface area contributed by atoms with Gasteiger partial charge in [0.15, 0.2) is 0 Å². The predicted molar refractivity (Wildman–Crippen MR) is 88.0 cm³/mol. The second-order valence-electron chi connectivity index (χ2n) is 5.79. The molecule has 132 valence electrons. The van der Waals surface area contributed by atoms with Gasteiger partial charge in [-0.2, -0.15) is 0 Å². The highest BCUT2D eigenvalue weighted by molar-refractivity contribution is 5.89. The number of carbonyl (C=O) groups excluding carboxylic acids is 2. The number of esters is 1. The molecule has 1 fully saturated rings. The maximum Gasteiger partial charge on any atom is 0.337 e. The van der Waals surface area contributed by atoms with Crippen LogP contribution in [0.25, 0.3) is 0 Å². The summed E-state index contributed by atoms with van der Waals surface area (Å²) in [5.74, 6) is 0.281. The van der Waals surface area contributed by atoms with Gasteiger partial charge in [-0.3, -0.25) is 9.69 Å². The van der Waals surface area contributed by atoms with Crippen molar-refractivity contribution >= 4 is 11.9 Å².